The van der Waals surface area contributed by atoms with Crippen molar-refractivity contribution in [2.45, 2.75) is 45.7 Å². The molecule has 2 N–H and O–H groups in total. The lowest BCUT2D eigenvalue weighted by Crippen LogP contribution is -2.37. The van der Waals surface area contributed by atoms with Crippen molar-refractivity contribution >= 4 is 29.1 Å². The zero-order chi connectivity index (χ0) is 29.1. The van der Waals surface area contributed by atoms with Gasteiger partial charge in [0, 0.05) is 41.6 Å². The van der Waals surface area contributed by atoms with Crippen LogP contribution in [-0.2, 0) is 11.0 Å². The lowest BCUT2D eigenvalue weighted by Gasteiger charge is -2.32. The second-order valence-corrected chi connectivity index (χ2v) is 10.9. The van der Waals surface area contributed by atoms with E-state index in [1.54, 1.807) is 36.4 Å². The van der Waals surface area contributed by atoms with E-state index in [1.165, 1.54) is 0 Å². The predicted molar refractivity (Wildman–Crippen MR) is 146 cm³/mol. The largest absolute Gasteiger partial charge is 0.433 e. The third-order valence-corrected chi connectivity index (χ3v) is 6.81. The van der Waals surface area contributed by atoms with Crippen LogP contribution in [0.25, 0.3) is 0 Å². The predicted octanol–water partition coefficient (Wildman–Crippen LogP) is 6.36. The maximum absolute atomic E-state index is 13.0. The fraction of sp³-hybridized carbons (Fsp3) is 0.333. The van der Waals surface area contributed by atoms with Crippen LogP contribution in [-0.4, -0.2) is 40.7 Å². The Bertz CT molecular complexity index is 1360. The van der Waals surface area contributed by atoms with Crippen molar-refractivity contribution in [2.24, 2.45) is 5.41 Å². The fourth-order valence-electron chi connectivity index (χ4n) is 4.35. The highest BCUT2D eigenvalue weighted by molar-refractivity contribution is 6.04. The maximum atomic E-state index is 13.0. The molecule has 0 spiro atoms. The number of pyridine rings is 1. The Morgan fingerprint density at radius 2 is 1.35 bits per heavy atom. The van der Waals surface area contributed by atoms with Crippen molar-refractivity contribution in [1.82, 2.24) is 9.88 Å². The number of carbonyl (C=O) groups excluding carboxylic acids is 3. The molecule has 1 saturated heterocycles. The molecule has 1 aliphatic heterocycles. The molecule has 1 aromatic heterocycles. The molecule has 1 fully saturated rings. The average Bonchev–Trinajstić information content (AvgIpc) is 2.93. The first-order valence-corrected chi connectivity index (χ1v) is 13.0. The van der Waals surface area contributed by atoms with Gasteiger partial charge in [-0.2, -0.15) is 13.2 Å². The third-order valence-electron chi connectivity index (χ3n) is 6.81. The van der Waals surface area contributed by atoms with Crippen molar-refractivity contribution in [3.8, 4) is 0 Å². The molecule has 0 unspecified atom stereocenters. The highest BCUT2D eigenvalue weighted by Crippen LogP contribution is 2.30. The molecule has 2 heterocycles. The Morgan fingerprint density at radius 3 is 1.88 bits per heavy atom. The van der Waals surface area contributed by atoms with Crippen molar-refractivity contribution < 1.29 is 27.6 Å². The molecular formula is C30H31F3N4O3. The number of halogens is 3. The smallest absolute Gasteiger partial charge is 0.339 e. The number of benzene rings is 2. The van der Waals surface area contributed by atoms with Crippen LogP contribution in [0.15, 0.2) is 66.9 Å². The minimum atomic E-state index is -4.56. The molecule has 4 rings (SSSR count). The summed E-state index contributed by atoms with van der Waals surface area (Å²) in [6.45, 7) is 6.71. The number of carbonyl (C=O) groups is 3. The number of amides is 3. The molecule has 0 atom stereocenters. The van der Waals surface area contributed by atoms with E-state index in [-0.39, 0.29) is 23.3 Å². The Morgan fingerprint density at radius 1 is 0.800 bits per heavy atom. The molecule has 0 saturated carbocycles. The third kappa shape index (κ3) is 7.05. The van der Waals surface area contributed by atoms with E-state index in [4.69, 9.17) is 0 Å². The van der Waals surface area contributed by atoms with Gasteiger partial charge in [-0.3, -0.25) is 19.4 Å². The SMILES string of the molecule is CC(C)(C)C(=O)Nc1ccc(C(=O)N2CCC(c3ccc(NC(=O)c4ccc(C(F)(F)F)nc4)cc3)CC2)cc1. The second kappa shape index (κ2) is 11.5. The molecule has 2 aromatic carbocycles. The number of alkyl halides is 3. The van der Waals surface area contributed by atoms with Crippen LogP contribution in [0.2, 0.25) is 0 Å². The monoisotopic (exact) mass is 552 g/mol. The molecule has 3 aromatic rings. The van der Waals surface area contributed by atoms with E-state index in [9.17, 15) is 27.6 Å². The maximum Gasteiger partial charge on any atom is 0.433 e. The highest BCUT2D eigenvalue weighted by atomic mass is 19.4. The summed E-state index contributed by atoms with van der Waals surface area (Å²) in [7, 11) is 0. The van der Waals surface area contributed by atoms with Gasteiger partial charge in [0.1, 0.15) is 5.69 Å². The molecule has 0 bridgehead atoms. The molecule has 0 aliphatic carbocycles. The van der Waals surface area contributed by atoms with Crippen molar-refractivity contribution in [3.63, 3.8) is 0 Å². The number of rotatable bonds is 5. The van der Waals surface area contributed by atoms with E-state index in [1.807, 2.05) is 37.8 Å². The number of anilines is 2. The van der Waals surface area contributed by atoms with Gasteiger partial charge in [-0.05, 0) is 72.9 Å². The first-order chi connectivity index (χ1) is 18.8. The number of piperidine rings is 1. The van der Waals surface area contributed by atoms with Gasteiger partial charge >= 0.3 is 6.18 Å². The number of nitrogens with zero attached hydrogens (tertiary/aromatic N) is 2. The summed E-state index contributed by atoms with van der Waals surface area (Å²) in [4.78, 5) is 42.7. The number of hydrogen-bond donors (Lipinski definition) is 2. The minimum Gasteiger partial charge on any atom is -0.339 e. The summed E-state index contributed by atoms with van der Waals surface area (Å²) in [6, 6.07) is 16.1. The van der Waals surface area contributed by atoms with Gasteiger partial charge in [0.2, 0.25) is 5.91 Å². The van der Waals surface area contributed by atoms with E-state index in [0.29, 0.717) is 30.0 Å². The lowest BCUT2D eigenvalue weighted by molar-refractivity contribution is -0.141. The highest BCUT2D eigenvalue weighted by Gasteiger charge is 2.32. The Hall–Kier alpha value is -4.21. The van der Waals surface area contributed by atoms with Crippen molar-refractivity contribution in [2.75, 3.05) is 23.7 Å². The summed E-state index contributed by atoms with van der Waals surface area (Å²) in [6.07, 6.45) is -2.09. The number of likely N-dealkylation sites (tertiary alicyclic amines) is 1. The lowest BCUT2D eigenvalue weighted by atomic mass is 9.89. The molecular weight excluding hydrogens is 521 g/mol. The van der Waals surface area contributed by atoms with Gasteiger partial charge < -0.3 is 15.5 Å². The van der Waals surface area contributed by atoms with Gasteiger partial charge in [-0.25, -0.2) is 0 Å². The van der Waals surface area contributed by atoms with E-state index in [0.717, 1.165) is 36.7 Å². The van der Waals surface area contributed by atoms with E-state index >= 15 is 0 Å². The van der Waals surface area contributed by atoms with E-state index in [2.05, 4.69) is 15.6 Å². The van der Waals surface area contributed by atoms with Crippen LogP contribution in [0.4, 0.5) is 24.5 Å². The van der Waals surface area contributed by atoms with Crippen LogP contribution >= 0.6 is 0 Å². The van der Waals surface area contributed by atoms with Gasteiger partial charge in [0.15, 0.2) is 0 Å². The van der Waals surface area contributed by atoms with Gasteiger partial charge in [0.25, 0.3) is 11.8 Å². The standard InChI is InChI=1S/C30H31F3N4O3/c1-29(2,3)28(40)36-24-11-6-21(7-12-24)27(39)37-16-14-20(15-17-37)19-4-9-23(10-5-19)35-26(38)22-8-13-25(34-18-22)30(31,32)33/h4-13,18,20H,14-17H2,1-3H3,(H,35,38)(H,36,40). The zero-order valence-corrected chi connectivity index (χ0v) is 22.5. The molecule has 7 nitrogen and oxygen atoms in total. The van der Waals surface area contributed by atoms with Crippen LogP contribution < -0.4 is 10.6 Å². The normalized spacial score (nSPS) is 14.5. The summed E-state index contributed by atoms with van der Waals surface area (Å²) < 4.78 is 38.0. The van der Waals surface area contributed by atoms with Crippen LogP contribution in [0.5, 0.6) is 0 Å². The van der Waals surface area contributed by atoms with Crippen LogP contribution in [0, 0.1) is 5.41 Å². The summed E-state index contributed by atoms with van der Waals surface area (Å²) >= 11 is 0. The minimum absolute atomic E-state index is 0.0263. The quantitative estimate of drug-likeness (QED) is 0.386. The Labute approximate surface area is 230 Å². The molecule has 1 aliphatic rings. The number of nitrogens with one attached hydrogen (secondary N) is 2. The van der Waals surface area contributed by atoms with Gasteiger partial charge in [-0.1, -0.05) is 32.9 Å². The summed E-state index contributed by atoms with van der Waals surface area (Å²) in [5.41, 5.74) is 1.27. The van der Waals surface area contributed by atoms with Crippen LogP contribution in [0.1, 0.15) is 71.5 Å². The van der Waals surface area contributed by atoms with Crippen molar-refractivity contribution in [1.29, 1.82) is 0 Å². The molecule has 3 amide bonds. The zero-order valence-electron chi connectivity index (χ0n) is 22.5. The summed E-state index contributed by atoms with van der Waals surface area (Å²) in [5, 5.41) is 5.53. The molecule has 210 valence electrons. The fourth-order valence-corrected chi connectivity index (χ4v) is 4.35. The van der Waals surface area contributed by atoms with Crippen LogP contribution in [0.3, 0.4) is 0 Å². The molecule has 10 heteroatoms. The topological polar surface area (TPSA) is 91.4 Å². The van der Waals surface area contributed by atoms with Gasteiger partial charge in [0.05, 0.1) is 5.56 Å². The average molecular weight is 553 g/mol. The number of aromatic nitrogens is 1. The first-order valence-electron chi connectivity index (χ1n) is 13.0. The molecule has 0 radical (unpaired) electrons. The first kappa shape index (κ1) is 28.8. The Balaban J connectivity index is 1.28. The second-order valence-electron chi connectivity index (χ2n) is 10.9. The molecule has 40 heavy (non-hydrogen) atoms. The summed E-state index contributed by atoms with van der Waals surface area (Å²) in [5.74, 6) is -0.447. The number of hydrogen-bond acceptors (Lipinski definition) is 4. The Kier molecular flexibility index (Phi) is 8.27. The van der Waals surface area contributed by atoms with Gasteiger partial charge in [-0.15, -0.1) is 0 Å². The van der Waals surface area contributed by atoms with Crippen molar-refractivity contribution in [3.05, 3.63) is 89.2 Å². The van der Waals surface area contributed by atoms with E-state index < -0.39 is 23.2 Å².